The molecule has 1 aromatic heterocycles. The lowest BCUT2D eigenvalue weighted by Crippen LogP contribution is -2.21. The molecule has 9 heteroatoms. The van der Waals surface area contributed by atoms with E-state index in [0.29, 0.717) is 26.6 Å². The lowest BCUT2D eigenvalue weighted by atomic mass is 10.1. The number of thiazole rings is 1. The highest BCUT2D eigenvalue weighted by molar-refractivity contribution is 7.22. The topological polar surface area (TPSA) is 94.9 Å². The van der Waals surface area contributed by atoms with E-state index in [1.165, 1.54) is 11.3 Å². The standard InChI is InChI=1S/C14H14Cl2N4O2S/c1-6(15)12(21)18-9-3-4-10-11(8(9)5-17)23-14(19-10)20-13(22)7(2)16/h3-7,17H,1-2H3,(H,18,21)(H,19,20,22). The molecule has 0 fully saturated rings. The third-order valence-corrected chi connectivity index (χ3v) is 4.37. The second kappa shape index (κ2) is 7.25. The molecule has 2 unspecified atom stereocenters. The van der Waals surface area contributed by atoms with Crippen LogP contribution in [0.4, 0.5) is 10.8 Å². The number of nitrogens with zero attached hydrogens (tertiary/aromatic N) is 1. The van der Waals surface area contributed by atoms with Gasteiger partial charge < -0.3 is 16.0 Å². The Bertz CT molecular complexity index is 773. The highest BCUT2D eigenvalue weighted by Gasteiger charge is 2.17. The first-order valence-electron chi connectivity index (χ1n) is 6.67. The van der Waals surface area contributed by atoms with Gasteiger partial charge in [0, 0.05) is 11.8 Å². The van der Waals surface area contributed by atoms with E-state index in [0.717, 1.165) is 6.21 Å². The van der Waals surface area contributed by atoms with Gasteiger partial charge in [0.1, 0.15) is 10.8 Å². The summed E-state index contributed by atoms with van der Waals surface area (Å²) in [6, 6.07) is 3.35. The molecule has 2 amide bonds. The molecule has 23 heavy (non-hydrogen) atoms. The van der Waals surface area contributed by atoms with E-state index < -0.39 is 10.8 Å². The van der Waals surface area contributed by atoms with Gasteiger partial charge in [-0.05, 0) is 26.0 Å². The fourth-order valence-corrected chi connectivity index (χ4v) is 2.85. The fourth-order valence-electron chi connectivity index (χ4n) is 1.76. The number of nitrogens with one attached hydrogen (secondary N) is 3. The van der Waals surface area contributed by atoms with Crippen LogP contribution in [0.3, 0.4) is 0 Å². The summed E-state index contributed by atoms with van der Waals surface area (Å²) in [5, 5.41) is 11.9. The van der Waals surface area contributed by atoms with E-state index in [4.69, 9.17) is 28.6 Å². The minimum atomic E-state index is -0.689. The summed E-state index contributed by atoms with van der Waals surface area (Å²) in [5.41, 5.74) is 1.59. The van der Waals surface area contributed by atoms with Crippen LogP contribution in [0.1, 0.15) is 19.4 Å². The summed E-state index contributed by atoms with van der Waals surface area (Å²) >= 11 is 12.7. The van der Waals surface area contributed by atoms with Crippen molar-refractivity contribution in [1.82, 2.24) is 4.98 Å². The van der Waals surface area contributed by atoms with Crippen molar-refractivity contribution in [3.05, 3.63) is 17.7 Å². The van der Waals surface area contributed by atoms with Crippen LogP contribution in [0, 0.1) is 5.41 Å². The number of rotatable bonds is 5. The molecule has 122 valence electrons. The summed E-state index contributed by atoms with van der Waals surface area (Å²) in [6.07, 6.45) is 1.13. The number of halogens is 2. The first-order chi connectivity index (χ1) is 10.8. The van der Waals surface area contributed by atoms with Crippen molar-refractivity contribution < 1.29 is 9.59 Å². The largest absolute Gasteiger partial charge is 0.324 e. The van der Waals surface area contributed by atoms with Crippen molar-refractivity contribution >= 4 is 73.6 Å². The molecular formula is C14H14Cl2N4O2S. The van der Waals surface area contributed by atoms with Gasteiger partial charge in [-0.1, -0.05) is 11.3 Å². The molecule has 0 aliphatic heterocycles. The van der Waals surface area contributed by atoms with Crippen LogP contribution in [0.2, 0.25) is 0 Å². The van der Waals surface area contributed by atoms with Gasteiger partial charge in [-0.15, -0.1) is 23.2 Å². The van der Waals surface area contributed by atoms with Crippen molar-refractivity contribution in [1.29, 1.82) is 5.41 Å². The number of carbonyl (C=O) groups is 2. The predicted molar refractivity (Wildman–Crippen MR) is 95.4 cm³/mol. The third kappa shape index (κ3) is 3.99. The Morgan fingerprint density at radius 3 is 2.39 bits per heavy atom. The second-order valence-corrected chi connectivity index (χ2v) is 7.06. The van der Waals surface area contributed by atoms with Crippen LogP contribution >= 0.6 is 34.5 Å². The van der Waals surface area contributed by atoms with Crippen molar-refractivity contribution in [3.8, 4) is 0 Å². The van der Waals surface area contributed by atoms with Crippen molar-refractivity contribution in [2.24, 2.45) is 0 Å². The predicted octanol–water partition coefficient (Wildman–Crippen LogP) is 3.43. The van der Waals surface area contributed by atoms with Gasteiger partial charge in [0.15, 0.2) is 5.13 Å². The van der Waals surface area contributed by atoms with Crippen molar-refractivity contribution in [2.75, 3.05) is 10.6 Å². The Morgan fingerprint density at radius 2 is 1.83 bits per heavy atom. The molecule has 0 aliphatic rings. The molecule has 2 atom stereocenters. The van der Waals surface area contributed by atoms with Crippen molar-refractivity contribution in [3.63, 3.8) is 0 Å². The molecule has 0 aliphatic carbocycles. The molecule has 2 rings (SSSR count). The van der Waals surface area contributed by atoms with Crippen LogP contribution in [0.5, 0.6) is 0 Å². The van der Waals surface area contributed by atoms with E-state index in [1.54, 1.807) is 26.0 Å². The normalized spacial score (nSPS) is 13.4. The van der Waals surface area contributed by atoms with E-state index in [1.807, 2.05) is 0 Å². The number of amides is 2. The summed E-state index contributed by atoms with van der Waals surface area (Å²) in [6.45, 7) is 3.13. The van der Waals surface area contributed by atoms with Gasteiger partial charge in [0.2, 0.25) is 11.8 Å². The average molecular weight is 373 g/mol. The summed E-state index contributed by atoms with van der Waals surface area (Å²) in [7, 11) is 0. The number of alkyl halides is 2. The molecule has 1 heterocycles. The molecule has 0 radical (unpaired) electrons. The van der Waals surface area contributed by atoms with E-state index in [-0.39, 0.29) is 11.8 Å². The second-order valence-electron chi connectivity index (χ2n) is 4.75. The maximum absolute atomic E-state index is 11.7. The van der Waals surface area contributed by atoms with Crippen LogP contribution in [0.15, 0.2) is 12.1 Å². The Labute approximate surface area is 146 Å². The number of hydrogen-bond donors (Lipinski definition) is 3. The van der Waals surface area contributed by atoms with Crippen LogP contribution in [0.25, 0.3) is 10.2 Å². The summed E-state index contributed by atoms with van der Waals surface area (Å²) in [5.74, 6) is -0.713. The third-order valence-electron chi connectivity index (χ3n) is 2.95. The zero-order chi connectivity index (χ0) is 17.1. The van der Waals surface area contributed by atoms with Gasteiger partial charge in [-0.2, -0.15) is 0 Å². The quantitative estimate of drug-likeness (QED) is 0.554. The van der Waals surface area contributed by atoms with Crippen LogP contribution < -0.4 is 10.6 Å². The SMILES string of the molecule is CC(Cl)C(=O)Nc1nc2ccc(NC(=O)C(C)Cl)c(C=N)c2s1. The lowest BCUT2D eigenvalue weighted by molar-refractivity contribution is -0.116. The van der Waals surface area contributed by atoms with Gasteiger partial charge >= 0.3 is 0 Å². The molecule has 3 N–H and O–H groups in total. The van der Waals surface area contributed by atoms with Crippen LogP contribution in [-0.4, -0.2) is 33.8 Å². The molecular weight excluding hydrogens is 359 g/mol. The lowest BCUT2D eigenvalue weighted by Gasteiger charge is -2.09. The number of hydrogen-bond acceptors (Lipinski definition) is 5. The van der Waals surface area contributed by atoms with Gasteiger partial charge in [-0.25, -0.2) is 4.98 Å². The maximum Gasteiger partial charge on any atom is 0.243 e. The summed E-state index contributed by atoms with van der Waals surface area (Å²) in [4.78, 5) is 27.7. The maximum atomic E-state index is 11.7. The zero-order valence-electron chi connectivity index (χ0n) is 12.3. The average Bonchev–Trinajstić information content (AvgIpc) is 2.89. The number of fused-ring (bicyclic) bond motifs is 1. The van der Waals surface area contributed by atoms with E-state index >= 15 is 0 Å². The Balaban J connectivity index is 2.40. The Hall–Kier alpha value is -1.70. The molecule has 0 saturated heterocycles. The molecule has 1 aromatic carbocycles. The summed E-state index contributed by atoms with van der Waals surface area (Å²) < 4.78 is 0.678. The number of carbonyl (C=O) groups excluding carboxylic acids is 2. The molecule has 2 aromatic rings. The highest BCUT2D eigenvalue weighted by atomic mass is 35.5. The zero-order valence-corrected chi connectivity index (χ0v) is 14.6. The first kappa shape index (κ1) is 17.7. The number of anilines is 2. The minimum Gasteiger partial charge on any atom is -0.324 e. The Morgan fingerprint density at radius 1 is 1.22 bits per heavy atom. The minimum absolute atomic E-state index is 0.355. The van der Waals surface area contributed by atoms with Gasteiger partial charge in [0.05, 0.1) is 15.9 Å². The fraction of sp³-hybridized carbons (Fsp3) is 0.286. The van der Waals surface area contributed by atoms with Gasteiger partial charge in [-0.3, -0.25) is 9.59 Å². The van der Waals surface area contributed by atoms with Crippen molar-refractivity contribution in [2.45, 2.75) is 24.6 Å². The Kier molecular flexibility index (Phi) is 5.56. The first-order valence-corrected chi connectivity index (χ1v) is 8.36. The molecule has 0 saturated carbocycles. The molecule has 0 bridgehead atoms. The molecule has 6 nitrogen and oxygen atoms in total. The highest BCUT2D eigenvalue weighted by Crippen LogP contribution is 2.32. The van der Waals surface area contributed by atoms with E-state index in [9.17, 15) is 9.59 Å². The van der Waals surface area contributed by atoms with E-state index in [2.05, 4.69) is 15.6 Å². The number of benzene rings is 1. The molecule has 0 spiro atoms. The van der Waals surface area contributed by atoms with Gasteiger partial charge in [0.25, 0.3) is 0 Å². The van der Waals surface area contributed by atoms with Crippen LogP contribution in [-0.2, 0) is 9.59 Å². The number of aromatic nitrogens is 1. The smallest absolute Gasteiger partial charge is 0.243 e. The monoisotopic (exact) mass is 372 g/mol.